The molecule has 1 aliphatic heterocycles. The van der Waals surface area contributed by atoms with E-state index >= 15 is 0 Å². The maximum absolute atomic E-state index is 10.8. The molecule has 0 unspecified atom stereocenters. The largest absolute Gasteiger partial charge is 0.480 e. The first-order chi connectivity index (χ1) is 7.09. The summed E-state index contributed by atoms with van der Waals surface area (Å²) in [7, 11) is 0. The highest BCUT2D eigenvalue weighted by Crippen LogP contribution is 2.28. The number of nitrogens with zero attached hydrogens (tertiary/aromatic N) is 1. The van der Waals surface area contributed by atoms with Crippen LogP contribution in [0.2, 0.25) is 0 Å². The Balaban J connectivity index is 0.00000128. The summed E-state index contributed by atoms with van der Waals surface area (Å²) in [6.07, 6.45) is 0. The molecule has 1 atom stereocenters. The number of hydrogen-bond donors (Lipinski definition) is 2. The summed E-state index contributed by atoms with van der Waals surface area (Å²) < 4.78 is 0. The van der Waals surface area contributed by atoms with Crippen molar-refractivity contribution in [3.63, 3.8) is 0 Å². The molecule has 0 fully saturated rings. The lowest BCUT2D eigenvalue weighted by Crippen LogP contribution is -2.21. The van der Waals surface area contributed by atoms with Gasteiger partial charge in [0.05, 0.1) is 4.92 Å². The smallest absolute Gasteiger partial charge is 0.325 e. The predicted octanol–water partition coefficient (Wildman–Crippen LogP) is 1.25. The number of non-ortho nitro benzene ring substituents is 1. The van der Waals surface area contributed by atoms with Crippen molar-refractivity contribution in [2.24, 2.45) is 0 Å². The Hall–Kier alpha value is -1.66. The molecule has 1 aromatic carbocycles. The van der Waals surface area contributed by atoms with E-state index in [1.165, 1.54) is 18.2 Å². The first-order valence-corrected chi connectivity index (χ1v) is 4.33. The third-order valence-electron chi connectivity index (χ3n) is 2.39. The van der Waals surface area contributed by atoms with Crippen molar-refractivity contribution in [3.8, 4) is 0 Å². The Bertz CT molecular complexity index is 449. The molecule has 0 spiro atoms. The van der Waals surface area contributed by atoms with Gasteiger partial charge in [-0.25, -0.2) is 0 Å². The van der Waals surface area contributed by atoms with Crippen molar-refractivity contribution >= 4 is 24.1 Å². The van der Waals surface area contributed by atoms with E-state index in [1.807, 2.05) is 0 Å². The van der Waals surface area contributed by atoms with Crippen LogP contribution in [0.3, 0.4) is 0 Å². The molecular formula is C9H9ClN2O4. The second-order valence-corrected chi connectivity index (χ2v) is 3.29. The number of rotatable bonds is 2. The number of carbonyl (C=O) groups is 1. The number of hydrogen-bond acceptors (Lipinski definition) is 4. The molecule has 0 amide bonds. The van der Waals surface area contributed by atoms with Crippen molar-refractivity contribution in [2.45, 2.75) is 12.6 Å². The molecule has 1 aromatic rings. The average molecular weight is 245 g/mol. The van der Waals surface area contributed by atoms with E-state index in [-0.39, 0.29) is 18.1 Å². The maximum atomic E-state index is 10.8. The van der Waals surface area contributed by atoms with E-state index in [9.17, 15) is 14.9 Å². The summed E-state index contributed by atoms with van der Waals surface area (Å²) >= 11 is 0. The van der Waals surface area contributed by atoms with Gasteiger partial charge in [-0.15, -0.1) is 12.4 Å². The van der Waals surface area contributed by atoms with Crippen LogP contribution < -0.4 is 5.32 Å². The van der Waals surface area contributed by atoms with Crippen LogP contribution >= 0.6 is 12.4 Å². The zero-order chi connectivity index (χ0) is 11.0. The first-order valence-electron chi connectivity index (χ1n) is 4.33. The number of aliphatic carboxylic acids is 1. The fourth-order valence-electron chi connectivity index (χ4n) is 1.68. The van der Waals surface area contributed by atoms with Gasteiger partial charge in [0.2, 0.25) is 0 Å². The van der Waals surface area contributed by atoms with Crippen LogP contribution in [0.1, 0.15) is 17.2 Å². The van der Waals surface area contributed by atoms with E-state index in [1.54, 1.807) is 0 Å². The van der Waals surface area contributed by atoms with Crippen molar-refractivity contribution in [1.82, 2.24) is 5.32 Å². The van der Waals surface area contributed by atoms with Gasteiger partial charge < -0.3 is 5.11 Å². The second-order valence-electron chi connectivity index (χ2n) is 3.29. The van der Waals surface area contributed by atoms with Crippen LogP contribution in [0.15, 0.2) is 18.2 Å². The highest BCUT2D eigenvalue weighted by Gasteiger charge is 2.28. The van der Waals surface area contributed by atoms with Gasteiger partial charge in [-0.3, -0.25) is 20.2 Å². The van der Waals surface area contributed by atoms with Crippen LogP contribution in [-0.4, -0.2) is 16.0 Å². The Morgan fingerprint density at radius 3 is 2.81 bits per heavy atom. The number of carboxylic acids is 1. The van der Waals surface area contributed by atoms with Crippen LogP contribution in [0.4, 0.5) is 5.69 Å². The second kappa shape index (κ2) is 4.46. The molecule has 0 radical (unpaired) electrons. The zero-order valence-corrected chi connectivity index (χ0v) is 8.86. The Labute approximate surface area is 96.8 Å². The SMILES string of the molecule is Cl.O=C(O)[C@H]1NCc2cc([N+](=O)[O-])ccc21. The zero-order valence-electron chi connectivity index (χ0n) is 8.04. The minimum atomic E-state index is -0.970. The molecule has 86 valence electrons. The lowest BCUT2D eigenvalue weighted by molar-refractivity contribution is -0.384. The Morgan fingerprint density at radius 2 is 2.25 bits per heavy atom. The van der Waals surface area contributed by atoms with Crippen molar-refractivity contribution in [2.75, 3.05) is 0 Å². The molecule has 0 saturated carbocycles. The quantitative estimate of drug-likeness (QED) is 0.603. The number of fused-ring (bicyclic) bond motifs is 1. The number of carboxylic acid groups (broad SMARTS) is 1. The molecule has 16 heavy (non-hydrogen) atoms. The third-order valence-corrected chi connectivity index (χ3v) is 2.39. The Morgan fingerprint density at radius 1 is 1.56 bits per heavy atom. The fraction of sp³-hybridized carbons (Fsp3) is 0.222. The summed E-state index contributed by atoms with van der Waals surface area (Å²) in [5.41, 5.74) is 1.27. The fourth-order valence-corrected chi connectivity index (χ4v) is 1.68. The summed E-state index contributed by atoms with van der Waals surface area (Å²) in [6, 6.07) is 3.47. The molecule has 0 saturated heterocycles. The molecule has 0 bridgehead atoms. The number of nitro groups is 1. The van der Waals surface area contributed by atoms with E-state index < -0.39 is 16.9 Å². The number of nitro benzene ring substituents is 1. The third kappa shape index (κ3) is 1.98. The minimum Gasteiger partial charge on any atom is -0.480 e. The average Bonchev–Trinajstić information content (AvgIpc) is 2.59. The minimum absolute atomic E-state index is 0. The van der Waals surface area contributed by atoms with Gasteiger partial charge in [-0.1, -0.05) is 0 Å². The van der Waals surface area contributed by atoms with Crippen molar-refractivity contribution in [3.05, 3.63) is 39.4 Å². The monoisotopic (exact) mass is 244 g/mol. The molecular weight excluding hydrogens is 236 g/mol. The van der Waals surface area contributed by atoms with Crippen molar-refractivity contribution in [1.29, 1.82) is 0 Å². The van der Waals surface area contributed by atoms with Crippen molar-refractivity contribution < 1.29 is 14.8 Å². The van der Waals surface area contributed by atoms with E-state index in [4.69, 9.17) is 5.11 Å². The molecule has 2 N–H and O–H groups in total. The molecule has 1 heterocycles. The van der Waals surface area contributed by atoms with Crippen LogP contribution in [0.25, 0.3) is 0 Å². The first kappa shape index (κ1) is 12.4. The molecule has 1 aliphatic rings. The van der Waals surface area contributed by atoms with Crippen LogP contribution in [-0.2, 0) is 11.3 Å². The van der Waals surface area contributed by atoms with E-state index in [0.29, 0.717) is 17.7 Å². The van der Waals surface area contributed by atoms with Gasteiger partial charge in [0.15, 0.2) is 0 Å². The molecule has 2 rings (SSSR count). The van der Waals surface area contributed by atoms with Crippen LogP contribution in [0, 0.1) is 10.1 Å². The summed E-state index contributed by atoms with van der Waals surface area (Å²) in [6.45, 7) is 0.355. The van der Waals surface area contributed by atoms with Gasteiger partial charge in [0.25, 0.3) is 5.69 Å². The molecule has 0 aliphatic carbocycles. The van der Waals surface area contributed by atoms with E-state index in [0.717, 1.165) is 0 Å². The van der Waals surface area contributed by atoms with Gasteiger partial charge in [-0.2, -0.15) is 0 Å². The normalized spacial score (nSPS) is 17.4. The molecule has 0 aromatic heterocycles. The molecule has 7 heteroatoms. The number of halogens is 1. The highest BCUT2D eigenvalue weighted by atomic mass is 35.5. The number of benzene rings is 1. The topological polar surface area (TPSA) is 92.5 Å². The van der Waals surface area contributed by atoms with Crippen LogP contribution in [0.5, 0.6) is 0 Å². The summed E-state index contributed by atoms with van der Waals surface area (Å²) in [4.78, 5) is 20.8. The van der Waals surface area contributed by atoms with E-state index in [2.05, 4.69) is 5.32 Å². The molecule has 6 nitrogen and oxygen atoms in total. The van der Waals surface area contributed by atoms with Gasteiger partial charge >= 0.3 is 5.97 Å². The standard InChI is InChI=1S/C9H8N2O4.ClH/c12-9(13)8-7-2-1-6(11(14)15)3-5(7)4-10-8;/h1-3,8,10H,4H2,(H,12,13);1H/t8-;/m0./s1. The lowest BCUT2D eigenvalue weighted by atomic mass is 10.0. The highest BCUT2D eigenvalue weighted by molar-refractivity contribution is 5.85. The predicted molar refractivity (Wildman–Crippen MR) is 57.6 cm³/mol. The summed E-state index contributed by atoms with van der Waals surface area (Å²) in [5.74, 6) is -0.970. The maximum Gasteiger partial charge on any atom is 0.325 e. The lowest BCUT2D eigenvalue weighted by Gasteiger charge is -2.04. The van der Waals surface area contributed by atoms with Gasteiger partial charge in [0.1, 0.15) is 6.04 Å². The number of nitrogens with one attached hydrogen (secondary N) is 1. The summed E-state index contributed by atoms with van der Waals surface area (Å²) in [5, 5.41) is 22.1. The van der Waals surface area contributed by atoms with Gasteiger partial charge in [0, 0.05) is 18.7 Å². The van der Waals surface area contributed by atoms with Gasteiger partial charge in [-0.05, 0) is 17.2 Å². The Kier molecular flexibility index (Phi) is 3.46.